The molecule has 1 rings (SSSR count). The summed E-state index contributed by atoms with van der Waals surface area (Å²) in [5, 5.41) is 0. The first-order valence-corrected chi connectivity index (χ1v) is 6.03. The van der Waals surface area contributed by atoms with E-state index in [1.807, 2.05) is 13.8 Å². The number of Topliss-reactive ketones (excluding diaryl/α,β-unsaturated/α-hetero) is 1. The molecular weight excluding hydrogens is 211 g/mol. The van der Waals surface area contributed by atoms with Gasteiger partial charge in [-0.2, -0.15) is 0 Å². The summed E-state index contributed by atoms with van der Waals surface area (Å²) in [6.45, 7) is 3.89. The molecule has 1 aromatic carbocycles. The maximum absolute atomic E-state index is 13.2. The second kappa shape index (κ2) is 5.91. The molecule has 0 spiro atoms. The number of benzene rings is 1. The van der Waals surface area contributed by atoms with Crippen LogP contribution >= 0.6 is 11.8 Å². The molecule has 0 aliphatic heterocycles. The average Bonchev–Trinajstić information content (AvgIpc) is 2.26. The smallest absolute Gasteiger partial charge is 0.145 e. The minimum Gasteiger partial charge on any atom is -0.298 e. The van der Waals surface area contributed by atoms with E-state index in [0.29, 0.717) is 10.6 Å². The summed E-state index contributed by atoms with van der Waals surface area (Å²) in [7, 11) is 0. The lowest BCUT2D eigenvalue weighted by Crippen LogP contribution is -2.12. The number of thioether (sulfide) groups is 1. The summed E-state index contributed by atoms with van der Waals surface area (Å²) in [6.07, 6.45) is 0.844. The van der Waals surface area contributed by atoms with E-state index >= 15 is 0 Å². The van der Waals surface area contributed by atoms with E-state index in [2.05, 4.69) is 0 Å². The van der Waals surface area contributed by atoms with Crippen LogP contribution in [0.2, 0.25) is 0 Å². The van der Waals surface area contributed by atoms with Crippen LogP contribution in [0.25, 0.3) is 0 Å². The highest BCUT2D eigenvalue weighted by atomic mass is 32.2. The zero-order chi connectivity index (χ0) is 11.3. The van der Waals surface area contributed by atoms with Crippen molar-refractivity contribution in [2.45, 2.75) is 25.2 Å². The second-order valence-corrected chi connectivity index (χ2v) is 4.51. The van der Waals surface area contributed by atoms with Gasteiger partial charge in [-0.05, 0) is 18.6 Å². The first-order chi connectivity index (χ1) is 7.15. The van der Waals surface area contributed by atoms with Crippen molar-refractivity contribution in [1.82, 2.24) is 0 Å². The second-order valence-electron chi connectivity index (χ2n) is 3.49. The molecule has 3 heteroatoms. The van der Waals surface area contributed by atoms with Gasteiger partial charge >= 0.3 is 0 Å². The van der Waals surface area contributed by atoms with Crippen LogP contribution in [0.15, 0.2) is 29.2 Å². The Morgan fingerprint density at radius 3 is 2.73 bits per heavy atom. The third-order valence-corrected chi connectivity index (χ3v) is 3.44. The number of carbonyl (C=O) groups excluding carboxylic acids is 1. The van der Waals surface area contributed by atoms with Gasteiger partial charge in [0.25, 0.3) is 0 Å². The van der Waals surface area contributed by atoms with Crippen LogP contribution in [0.4, 0.5) is 4.39 Å². The standard InChI is InChI=1S/C12H15FOS/c1-3-9(2)11(14)8-15-12-7-5-4-6-10(12)13/h4-7,9H,3,8H2,1-2H3. The topological polar surface area (TPSA) is 17.1 Å². The molecule has 0 radical (unpaired) electrons. The molecule has 1 nitrogen and oxygen atoms in total. The van der Waals surface area contributed by atoms with Gasteiger partial charge in [0.15, 0.2) is 0 Å². The van der Waals surface area contributed by atoms with Crippen LogP contribution in [0.3, 0.4) is 0 Å². The largest absolute Gasteiger partial charge is 0.298 e. The van der Waals surface area contributed by atoms with E-state index in [1.54, 1.807) is 18.2 Å². The highest BCUT2D eigenvalue weighted by Crippen LogP contribution is 2.22. The maximum atomic E-state index is 13.2. The van der Waals surface area contributed by atoms with Gasteiger partial charge in [-0.15, -0.1) is 11.8 Å². The molecule has 0 bridgehead atoms. The molecule has 82 valence electrons. The van der Waals surface area contributed by atoms with Crippen LogP contribution in [-0.4, -0.2) is 11.5 Å². The number of halogens is 1. The van der Waals surface area contributed by atoms with Crippen molar-refractivity contribution in [2.75, 3.05) is 5.75 Å². The number of hydrogen-bond donors (Lipinski definition) is 0. The van der Waals surface area contributed by atoms with Gasteiger partial charge in [-0.25, -0.2) is 4.39 Å². The van der Waals surface area contributed by atoms with Crippen LogP contribution in [-0.2, 0) is 4.79 Å². The molecule has 15 heavy (non-hydrogen) atoms. The average molecular weight is 226 g/mol. The molecule has 1 aromatic rings. The molecule has 0 fully saturated rings. The zero-order valence-corrected chi connectivity index (χ0v) is 9.81. The summed E-state index contributed by atoms with van der Waals surface area (Å²) in [5.74, 6) is 0.366. The van der Waals surface area contributed by atoms with Gasteiger partial charge in [0, 0.05) is 10.8 Å². The van der Waals surface area contributed by atoms with Gasteiger partial charge in [-0.1, -0.05) is 26.0 Å². The molecule has 0 saturated carbocycles. The Morgan fingerprint density at radius 1 is 1.47 bits per heavy atom. The summed E-state index contributed by atoms with van der Waals surface area (Å²) < 4.78 is 13.2. The van der Waals surface area contributed by atoms with Crippen LogP contribution in [0, 0.1) is 11.7 Å². The van der Waals surface area contributed by atoms with Crippen LogP contribution < -0.4 is 0 Å². The van der Waals surface area contributed by atoms with Gasteiger partial charge in [-0.3, -0.25) is 4.79 Å². The molecule has 1 unspecified atom stereocenters. The minimum atomic E-state index is -0.251. The third kappa shape index (κ3) is 3.67. The van der Waals surface area contributed by atoms with Crippen LogP contribution in [0.5, 0.6) is 0 Å². The Bertz CT molecular complexity index is 338. The first-order valence-electron chi connectivity index (χ1n) is 5.05. The Labute approximate surface area is 94.1 Å². The monoisotopic (exact) mass is 226 g/mol. The molecule has 0 saturated heterocycles. The summed E-state index contributed by atoms with van der Waals surface area (Å²) >= 11 is 1.27. The fraction of sp³-hybridized carbons (Fsp3) is 0.417. The van der Waals surface area contributed by atoms with Gasteiger partial charge < -0.3 is 0 Å². The van der Waals surface area contributed by atoms with Crippen molar-refractivity contribution in [2.24, 2.45) is 5.92 Å². The van der Waals surface area contributed by atoms with E-state index in [1.165, 1.54) is 17.8 Å². The summed E-state index contributed by atoms with van der Waals surface area (Å²) in [6, 6.07) is 6.54. The molecule has 0 aliphatic rings. The van der Waals surface area contributed by atoms with Crippen molar-refractivity contribution in [1.29, 1.82) is 0 Å². The van der Waals surface area contributed by atoms with Crippen molar-refractivity contribution in [3.05, 3.63) is 30.1 Å². The maximum Gasteiger partial charge on any atom is 0.145 e. The van der Waals surface area contributed by atoms with Crippen molar-refractivity contribution < 1.29 is 9.18 Å². The lowest BCUT2D eigenvalue weighted by Gasteiger charge is -2.07. The Balaban J connectivity index is 2.51. The van der Waals surface area contributed by atoms with E-state index in [4.69, 9.17) is 0 Å². The van der Waals surface area contributed by atoms with Gasteiger partial charge in [0.05, 0.1) is 5.75 Å². The predicted molar refractivity (Wildman–Crippen MR) is 61.6 cm³/mol. The molecule has 0 heterocycles. The lowest BCUT2D eigenvalue weighted by atomic mass is 10.1. The van der Waals surface area contributed by atoms with E-state index in [9.17, 15) is 9.18 Å². The lowest BCUT2D eigenvalue weighted by molar-refractivity contribution is -0.119. The SMILES string of the molecule is CCC(C)C(=O)CSc1ccccc1F. The highest BCUT2D eigenvalue weighted by molar-refractivity contribution is 8.00. The normalized spacial score (nSPS) is 12.5. The van der Waals surface area contributed by atoms with Crippen LogP contribution in [0.1, 0.15) is 20.3 Å². The third-order valence-electron chi connectivity index (χ3n) is 2.37. The number of hydrogen-bond acceptors (Lipinski definition) is 2. The van der Waals surface area contributed by atoms with Crippen molar-refractivity contribution in [3.8, 4) is 0 Å². The van der Waals surface area contributed by atoms with E-state index < -0.39 is 0 Å². The number of rotatable bonds is 5. The minimum absolute atomic E-state index is 0.0734. The molecule has 1 atom stereocenters. The van der Waals surface area contributed by atoms with E-state index in [0.717, 1.165) is 6.42 Å². The Morgan fingerprint density at radius 2 is 2.13 bits per heavy atom. The summed E-state index contributed by atoms with van der Waals surface area (Å²) in [4.78, 5) is 12.1. The van der Waals surface area contributed by atoms with Gasteiger partial charge in [0.2, 0.25) is 0 Å². The predicted octanol–water partition coefficient (Wildman–Crippen LogP) is 3.53. The summed E-state index contributed by atoms with van der Waals surface area (Å²) in [5.41, 5.74) is 0. The first kappa shape index (κ1) is 12.2. The fourth-order valence-electron chi connectivity index (χ4n) is 1.08. The van der Waals surface area contributed by atoms with Crippen molar-refractivity contribution >= 4 is 17.5 Å². The van der Waals surface area contributed by atoms with E-state index in [-0.39, 0.29) is 17.5 Å². The molecule has 0 N–H and O–H groups in total. The zero-order valence-electron chi connectivity index (χ0n) is 9.00. The van der Waals surface area contributed by atoms with Gasteiger partial charge in [0.1, 0.15) is 11.6 Å². The Kier molecular flexibility index (Phi) is 4.82. The fourth-order valence-corrected chi connectivity index (χ4v) is 2.04. The molecule has 0 aromatic heterocycles. The Hall–Kier alpha value is -0.830. The number of ketones is 1. The quantitative estimate of drug-likeness (QED) is 0.714. The molecule has 0 amide bonds. The molecule has 0 aliphatic carbocycles. The molecular formula is C12H15FOS. The van der Waals surface area contributed by atoms with Crippen molar-refractivity contribution in [3.63, 3.8) is 0 Å². The number of carbonyl (C=O) groups is 1. The highest BCUT2D eigenvalue weighted by Gasteiger charge is 2.11.